The predicted octanol–water partition coefficient (Wildman–Crippen LogP) is 4.40. The van der Waals surface area contributed by atoms with Gasteiger partial charge in [0.1, 0.15) is 0 Å². The van der Waals surface area contributed by atoms with E-state index < -0.39 is 0 Å². The van der Waals surface area contributed by atoms with E-state index in [0.717, 1.165) is 10.6 Å². The van der Waals surface area contributed by atoms with Crippen molar-refractivity contribution in [2.75, 3.05) is 11.1 Å². The maximum atomic E-state index is 11.0. The van der Waals surface area contributed by atoms with Gasteiger partial charge in [-0.25, -0.2) is 0 Å². The summed E-state index contributed by atoms with van der Waals surface area (Å²) in [6.07, 6.45) is 4.79. The van der Waals surface area contributed by atoms with E-state index in [4.69, 9.17) is 5.73 Å². The monoisotopic (exact) mass is 340 g/mol. The summed E-state index contributed by atoms with van der Waals surface area (Å²) < 4.78 is 0. The van der Waals surface area contributed by atoms with Crippen LogP contribution in [-0.4, -0.2) is 17.7 Å². The van der Waals surface area contributed by atoms with Gasteiger partial charge < -0.3 is 11.1 Å². The van der Waals surface area contributed by atoms with Crippen LogP contribution in [0.3, 0.4) is 0 Å². The number of hydrogen-bond donors (Lipinski definition) is 2. The van der Waals surface area contributed by atoms with E-state index in [1.165, 1.54) is 43.0 Å². The third kappa shape index (κ3) is 4.54. The Kier molecular flexibility index (Phi) is 5.81. The number of amides is 1. The Morgan fingerprint density at radius 1 is 1.00 bits per heavy atom. The molecule has 2 aromatic rings. The van der Waals surface area contributed by atoms with E-state index in [1.54, 1.807) is 0 Å². The standard InChI is InChI=1S/C20H24N2OS/c21-20(23)14-24-19-9-5-4-8-18(19)22-17-12-10-16(11-13-17)15-6-2-1-3-7-15/h1-9,16-17,22H,10-14H2,(H2,21,23). The van der Waals surface area contributed by atoms with Gasteiger partial charge in [-0.2, -0.15) is 0 Å². The van der Waals surface area contributed by atoms with Crippen molar-refractivity contribution in [1.82, 2.24) is 0 Å². The first-order chi connectivity index (χ1) is 11.7. The highest BCUT2D eigenvalue weighted by atomic mass is 32.2. The zero-order valence-corrected chi connectivity index (χ0v) is 14.6. The van der Waals surface area contributed by atoms with Crippen LogP contribution in [0.5, 0.6) is 0 Å². The van der Waals surface area contributed by atoms with E-state index in [9.17, 15) is 4.79 Å². The van der Waals surface area contributed by atoms with E-state index >= 15 is 0 Å². The van der Waals surface area contributed by atoms with Crippen molar-refractivity contribution >= 4 is 23.4 Å². The Labute approximate surface area is 148 Å². The SMILES string of the molecule is NC(=O)CSc1ccccc1NC1CCC(c2ccccc2)CC1. The first-order valence-corrected chi connectivity index (χ1v) is 9.52. The summed E-state index contributed by atoms with van der Waals surface area (Å²) in [6, 6.07) is 19.5. The Bertz CT molecular complexity index is 666. The zero-order chi connectivity index (χ0) is 16.8. The fourth-order valence-corrected chi connectivity index (χ4v) is 4.13. The number of benzene rings is 2. The van der Waals surface area contributed by atoms with Gasteiger partial charge in [0.2, 0.25) is 5.91 Å². The maximum Gasteiger partial charge on any atom is 0.227 e. The molecule has 126 valence electrons. The second kappa shape index (κ2) is 8.25. The number of primary amides is 1. The van der Waals surface area contributed by atoms with E-state index in [1.807, 2.05) is 18.2 Å². The summed E-state index contributed by atoms with van der Waals surface area (Å²) in [5, 5.41) is 3.67. The molecule has 1 aliphatic rings. The summed E-state index contributed by atoms with van der Waals surface area (Å²) >= 11 is 1.50. The molecular formula is C20H24N2OS. The van der Waals surface area contributed by atoms with Gasteiger partial charge in [-0.3, -0.25) is 4.79 Å². The lowest BCUT2D eigenvalue weighted by molar-refractivity contribution is -0.115. The van der Waals surface area contributed by atoms with Crippen LogP contribution in [0.2, 0.25) is 0 Å². The van der Waals surface area contributed by atoms with E-state index in [2.05, 4.69) is 41.7 Å². The number of para-hydroxylation sites is 1. The molecule has 4 heteroatoms. The number of rotatable bonds is 6. The summed E-state index contributed by atoms with van der Waals surface area (Å²) in [5.41, 5.74) is 7.85. The summed E-state index contributed by atoms with van der Waals surface area (Å²) in [7, 11) is 0. The van der Waals surface area contributed by atoms with Crippen LogP contribution in [0.4, 0.5) is 5.69 Å². The lowest BCUT2D eigenvalue weighted by Crippen LogP contribution is -2.25. The summed E-state index contributed by atoms with van der Waals surface area (Å²) in [6.45, 7) is 0. The van der Waals surface area contributed by atoms with Crippen LogP contribution in [0, 0.1) is 0 Å². The van der Waals surface area contributed by atoms with Gasteiger partial charge in [0.05, 0.1) is 5.75 Å². The Morgan fingerprint density at radius 3 is 2.38 bits per heavy atom. The first kappa shape index (κ1) is 16.9. The molecule has 2 aromatic carbocycles. The molecular weight excluding hydrogens is 316 g/mol. The van der Waals surface area contributed by atoms with Crippen molar-refractivity contribution in [3.8, 4) is 0 Å². The number of carbonyl (C=O) groups is 1. The minimum Gasteiger partial charge on any atom is -0.381 e. The van der Waals surface area contributed by atoms with Crippen LogP contribution < -0.4 is 11.1 Å². The van der Waals surface area contributed by atoms with Gasteiger partial charge in [-0.1, -0.05) is 42.5 Å². The van der Waals surface area contributed by atoms with Crippen LogP contribution in [-0.2, 0) is 4.79 Å². The molecule has 1 aliphatic carbocycles. The molecule has 0 aliphatic heterocycles. The molecule has 3 nitrogen and oxygen atoms in total. The normalized spacial score (nSPS) is 20.5. The molecule has 1 saturated carbocycles. The van der Waals surface area contributed by atoms with Gasteiger partial charge in [0, 0.05) is 16.6 Å². The molecule has 0 saturated heterocycles. The summed E-state index contributed by atoms with van der Waals surface area (Å²) in [4.78, 5) is 12.1. The van der Waals surface area contributed by atoms with E-state index in [-0.39, 0.29) is 5.91 Å². The number of hydrogen-bond acceptors (Lipinski definition) is 3. The first-order valence-electron chi connectivity index (χ1n) is 8.54. The average Bonchev–Trinajstić information content (AvgIpc) is 2.62. The molecule has 0 unspecified atom stereocenters. The van der Waals surface area contributed by atoms with Crippen molar-refractivity contribution in [2.24, 2.45) is 5.73 Å². The summed E-state index contributed by atoms with van der Waals surface area (Å²) in [5.74, 6) is 0.723. The number of nitrogens with one attached hydrogen (secondary N) is 1. The largest absolute Gasteiger partial charge is 0.381 e. The highest BCUT2D eigenvalue weighted by molar-refractivity contribution is 8.00. The van der Waals surface area contributed by atoms with Crippen LogP contribution >= 0.6 is 11.8 Å². The highest BCUT2D eigenvalue weighted by Crippen LogP contribution is 2.35. The number of anilines is 1. The second-order valence-corrected chi connectivity index (χ2v) is 7.37. The fraction of sp³-hybridized carbons (Fsp3) is 0.350. The third-order valence-electron chi connectivity index (χ3n) is 4.61. The van der Waals surface area contributed by atoms with Gasteiger partial charge in [-0.05, 0) is 49.3 Å². The van der Waals surface area contributed by atoms with Gasteiger partial charge >= 0.3 is 0 Å². The van der Waals surface area contributed by atoms with E-state index in [0.29, 0.717) is 17.7 Å². The highest BCUT2D eigenvalue weighted by Gasteiger charge is 2.22. The topological polar surface area (TPSA) is 55.1 Å². The second-order valence-electron chi connectivity index (χ2n) is 6.35. The van der Waals surface area contributed by atoms with Gasteiger partial charge in [-0.15, -0.1) is 11.8 Å². The maximum absolute atomic E-state index is 11.0. The average molecular weight is 340 g/mol. The lowest BCUT2D eigenvalue weighted by atomic mass is 9.82. The molecule has 0 bridgehead atoms. The smallest absolute Gasteiger partial charge is 0.227 e. The van der Waals surface area contributed by atoms with Crippen molar-refractivity contribution in [3.05, 3.63) is 60.2 Å². The van der Waals surface area contributed by atoms with Gasteiger partial charge in [0.15, 0.2) is 0 Å². The zero-order valence-electron chi connectivity index (χ0n) is 13.8. The Balaban J connectivity index is 1.57. The van der Waals surface area contributed by atoms with Crippen molar-refractivity contribution < 1.29 is 4.79 Å². The molecule has 1 amide bonds. The molecule has 0 aromatic heterocycles. The van der Waals surface area contributed by atoms with Crippen molar-refractivity contribution in [1.29, 1.82) is 0 Å². The molecule has 24 heavy (non-hydrogen) atoms. The van der Waals surface area contributed by atoms with Crippen LogP contribution in [0.15, 0.2) is 59.5 Å². The third-order valence-corrected chi connectivity index (χ3v) is 5.71. The molecule has 1 fully saturated rings. The minimum atomic E-state index is -0.279. The van der Waals surface area contributed by atoms with Crippen LogP contribution in [0.25, 0.3) is 0 Å². The Morgan fingerprint density at radius 2 is 1.67 bits per heavy atom. The number of nitrogens with two attached hydrogens (primary N) is 1. The molecule has 3 rings (SSSR count). The quantitative estimate of drug-likeness (QED) is 0.766. The molecule has 3 N–H and O–H groups in total. The fourth-order valence-electron chi connectivity index (χ4n) is 3.38. The van der Waals surface area contributed by atoms with Crippen LogP contribution in [0.1, 0.15) is 37.2 Å². The number of carbonyl (C=O) groups excluding carboxylic acids is 1. The number of thioether (sulfide) groups is 1. The minimum absolute atomic E-state index is 0.279. The lowest BCUT2D eigenvalue weighted by Gasteiger charge is -2.30. The van der Waals surface area contributed by atoms with Crippen molar-refractivity contribution in [3.63, 3.8) is 0 Å². The molecule has 0 spiro atoms. The molecule has 0 heterocycles. The van der Waals surface area contributed by atoms with Gasteiger partial charge in [0.25, 0.3) is 0 Å². The Hall–Kier alpha value is -1.94. The van der Waals surface area contributed by atoms with Crippen molar-refractivity contribution in [2.45, 2.75) is 42.5 Å². The molecule has 0 atom stereocenters. The molecule has 0 radical (unpaired) electrons. The predicted molar refractivity (Wildman–Crippen MR) is 101 cm³/mol.